The summed E-state index contributed by atoms with van der Waals surface area (Å²) in [4.78, 5) is 14.3. The summed E-state index contributed by atoms with van der Waals surface area (Å²) in [5, 5.41) is 12.8. The molecule has 1 rings (SSSR count). The van der Waals surface area contributed by atoms with Gasteiger partial charge in [0.15, 0.2) is 0 Å². The predicted octanol–water partition coefficient (Wildman–Crippen LogP) is 1.74. The number of thiophene rings is 1. The smallest absolute Gasteiger partial charge is 0.343 e. The number of esters is 1. The number of nitrogen functional groups attached to an aromatic ring is 1. The highest BCUT2D eigenvalue weighted by Crippen LogP contribution is 2.35. The van der Waals surface area contributed by atoms with Gasteiger partial charge in [0.2, 0.25) is 0 Å². The predicted molar refractivity (Wildman–Crippen MR) is 81.1 cm³/mol. The van der Waals surface area contributed by atoms with E-state index in [0.29, 0.717) is 16.4 Å². The molecule has 3 N–H and O–H groups in total. The number of rotatable bonds is 7. The van der Waals surface area contributed by atoms with Gasteiger partial charge in [0.1, 0.15) is 21.5 Å². The third-order valence-corrected chi connectivity index (χ3v) is 4.11. The van der Waals surface area contributed by atoms with E-state index in [2.05, 4.69) is 24.1 Å². The van der Waals surface area contributed by atoms with Gasteiger partial charge in [-0.1, -0.05) is 13.8 Å². The van der Waals surface area contributed by atoms with Crippen LogP contribution >= 0.6 is 11.3 Å². The molecule has 0 saturated heterocycles. The molecule has 0 atom stereocenters. The van der Waals surface area contributed by atoms with Crippen molar-refractivity contribution in [1.82, 2.24) is 4.90 Å². The minimum atomic E-state index is -0.523. The normalized spacial score (nSPS) is 10.3. The van der Waals surface area contributed by atoms with Gasteiger partial charge in [-0.15, -0.1) is 11.3 Å². The molecule has 0 fully saturated rings. The molecule has 20 heavy (non-hydrogen) atoms. The van der Waals surface area contributed by atoms with Crippen molar-refractivity contribution in [1.29, 1.82) is 5.26 Å². The Morgan fingerprint density at radius 3 is 2.65 bits per heavy atom. The molecule has 1 heterocycles. The highest BCUT2D eigenvalue weighted by molar-refractivity contribution is 7.17. The summed E-state index contributed by atoms with van der Waals surface area (Å²) < 4.78 is 4.71. The number of anilines is 2. The summed E-state index contributed by atoms with van der Waals surface area (Å²) >= 11 is 1.18. The van der Waals surface area contributed by atoms with Crippen LogP contribution in [-0.2, 0) is 4.74 Å². The molecule has 0 saturated carbocycles. The van der Waals surface area contributed by atoms with Gasteiger partial charge in [-0.2, -0.15) is 5.26 Å². The zero-order chi connectivity index (χ0) is 15.1. The number of hydrogen-bond acceptors (Lipinski definition) is 7. The van der Waals surface area contributed by atoms with E-state index in [9.17, 15) is 4.79 Å². The fraction of sp³-hybridized carbons (Fsp3) is 0.538. The average molecular weight is 296 g/mol. The fourth-order valence-corrected chi connectivity index (χ4v) is 2.75. The lowest BCUT2D eigenvalue weighted by atomic mass is 10.2. The van der Waals surface area contributed by atoms with Gasteiger partial charge >= 0.3 is 5.97 Å². The lowest BCUT2D eigenvalue weighted by Gasteiger charge is -2.18. The summed E-state index contributed by atoms with van der Waals surface area (Å²) in [6, 6.07) is 1.99. The minimum absolute atomic E-state index is 0.190. The van der Waals surface area contributed by atoms with Gasteiger partial charge in [-0.25, -0.2) is 4.79 Å². The van der Waals surface area contributed by atoms with E-state index in [0.717, 1.165) is 19.6 Å². The van der Waals surface area contributed by atoms with Gasteiger partial charge in [-0.05, 0) is 13.1 Å². The standard InChI is InChI=1S/C13H20N4O2S/c1-4-17(5-2)7-6-16-12-10(13(18)19-3)11(15)9(8-14)20-12/h16H,4-7,15H2,1-3H3. The van der Waals surface area contributed by atoms with Crippen molar-refractivity contribution < 1.29 is 9.53 Å². The zero-order valence-corrected chi connectivity index (χ0v) is 12.8. The number of methoxy groups -OCH3 is 1. The van der Waals surface area contributed by atoms with E-state index >= 15 is 0 Å². The van der Waals surface area contributed by atoms with Crippen molar-refractivity contribution >= 4 is 28.0 Å². The summed E-state index contributed by atoms with van der Waals surface area (Å²) in [5.41, 5.74) is 6.26. The Kier molecular flexibility index (Phi) is 6.28. The number of nitrogens with zero attached hydrogens (tertiary/aromatic N) is 2. The Morgan fingerprint density at radius 2 is 2.15 bits per heavy atom. The van der Waals surface area contributed by atoms with Crippen LogP contribution in [0.1, 0.15) is 29.1 Å². The van der Waals surface area contributed by atoms with Gasteiger partial charge in [-0.3, -0.25) is 0 Å². The van der Waals surface area contributed by atoms with Gasteiger partial charge in [0.05, 0.1) is 12.8 Å². The Hall–Kier alpha value is -1.78. The molecule has 1 aromatic heterocycles. The first-order valence-corrected chi connectivity index (χ1v) is 7.27. The van der Waals surface area contributed by atoms with Crippen molar-refractivity contribution in [3.63, 3.8) is 0 Å². The lowest BCUT2D eigenvalue weighted by Crippen LogP contribution is -2.28. The van der Waals surface area contributed by atoms with Gasteiger partial charge in [0.25, 0.3) is 0 Å². The quantitative estimate of drug-likeness (QED) is 0.745. The maximum absolute atomic E-state index is 11.7. The van der Waals surface area contributed by atoms with E-state index in [1.165, 1.54) is 18.4 Å². The number of nitrogens with two attached hydrogens (primary N) is 1. The van der Waals surface area contributed by atoms with Crippen LogP contribution < -0.4 is 11.1 Å². The van der Waals surface area contributed by atoms with Crippen LogP contribution in [0.15, 0.2) is 0 Å². The molecule has 0 spiro atoms. The van der Waals surface area contributed by atoms with Crippen LogP contribution in [0.25, 0.3) is 0 Å². The minimum Gasteiger partial charge on any atom is -0.465 e. The zero-order valence-electron chi connectivity index (χ0n) is 12.0. The molecule has 6 nitrogen and oxygen atoms in total. The molecule has 0 bridgehead atoms. The fourth-order valence-electron chi connectivity index (χ4n) is 1.82. The number of nitriles is 1. The van der Waals surface area contributed by atoms with Crippen molar-refractivity contribution in [3.8, 4) is 6.07 Å². The molecule has 1 aromatic rings. The Balaban J connectivity index is 2.84. The molecule has 110 valence electrons. The molecule has 0 amide bonds. The first-order chi connectivity index (χ1) is 9.58. The van der Waals surface area contributed by atoms with Crippen LogP contribution in [0.5, 0.6) is 0 Å². The molecule has 0 radical (unpaired) electrons. The van der Waals surface area contributed by atoms with E-state index < -0.39 is 5.97 Å². The van der Waals surface area contributed by atoms with Crippen molar-refractivity contribution in [2.24, 2.45) is 0 Å². The van der Waals surface area contributed by atoms with Crippen molar-refractivity contribution in [2.45, 2.75) is 13.8 Å². The molecule has 7 heteroatoms. The maximum Gasteiger partial charge on any atom is 0.343 e. The van der Waals surface area contributed by atoms with Gasteiger partial charge < -0.3 is 20.7 Å². The lowest BCUT2D eigenvalue weighted by molar-refractivity contribution is 0.0603. The van der Waals surface area contributed by atoms with Crippen LogP contribution in [0.4, 0.5) is 10.7 Å². The molecule has 0 aliphatic rings. The number of carbonyl (C=O) groups is 1. The molecular formula is C13H20N4O2S. The van der Waals surface area contributed by atoms with Crippen LogP contribution in [0, 0.1) is 11.3 Å². The molecule has 0 aromatic carbocycles. The molecule has 0 aliphatic carbocycles. The first kappa shape index (κ1) is 16.3. The van der Waals surface area contributed by atoms with E-state index in [1.807, 2.05) is 6.07 Å². The highest BCUT2D eigenvalue weighted by atomic mass is 32.1. The second-order valence-electron chi connectivity index (χ2n) is 4.11. The molecule has 0 aliphatic heterocycles. The highest BCUT2D eigenvalue weighted by Gasteiger charge is 2.22. The molecular weight excluding hydrogens is 276 g/mol. The first-order valence-electron chi connectivity index (χ1n) is 6.45. The number of nitrogens with one attached hydrogen (secondary N) is 1. The largest absolute Gasteiger partial charge is 0.465 e. The maximum atomic E-state index is 11.7. The third kappa shape index (κ3) is 3.62. The van der Waals surface area contributed by atoms with Gasteiger partial charge in [0, 0.05) is 13.1 Å². The van der Waals surface area contributed by atoms with E-state index in [4.69, 9.17) is 15.7 Å². The topological polar surface area (TPSA) is 91.4 Å². The number of carbonyl (C=O) groups excluding carboxylic acids is 1. The molecule has 0 unspecified atom stereocenters. The number of ether oxygens (including phenoxy) is 1. The summed E-state index contributed by atoms with van der Waals surface area (Å²) in [6.45, 7) is 7.67. The Labute approximate surface area is 123 Å². The third-order valence-electron chi connectivity index (χ3n) is 3.04. The SMILES string of the molecule is CCN(CC)CCNc1sc(C#N)c(N)c1C(=O)OC. The van der Waals surface area contributed by atoms with Crippen LogP contribution in [0.2, 0.25) is 0 Å². The summed E-state index contributed by atoms with van der Waals surface area (Å²) in [6.07, 6.45) is 0. The second-order valence-corrected chi connectivity index (χ2v) is 5.13. The van der Waals surface area contributed by atoms with Crippen LogP contribution in [0.3, 0.4) is 0 Å². The van der Waals surface area contributed by atoms with Crippen LogP contribution in [-0.4, -0.2) is 44.2 Å². The Morgan fingerprint density at radius 1 is 1.50 bits per heavy atom. The number of hydrogen-bond donors (Lipinski definition) is 2. The summed E-state index contributed by atoms with van der Waals surface area (Å²) in [5.74, 6) is -0.523. The van der Waals surface area contributed by atoms with Crippen molar-refractivity contribution in [2.75, 3.05) is 44.3 Å². The van der Waals surface area contributed by atoms with E-state index in [1.54, 1.807) is 0 Å². The second kappa shape index (κ2) is 7.72. The van der Waals surface area contributed by atoms with Crippen molar-refractivity contribution in [3.05, 3.63) is 10.4 Å². The summed E-state index contributed by atoms with van der Waals surface area (Å²) in [7, 11) is 1.30. The number of likely N-dealkylation sites (N-methyl/N-ethyl adjacent to an activating group) is 1. The Bertz CT molecular complexity index is 503. The monoisotopic (exact) mass is 296 g/mol. The van der Waals surface area contributed by atoms with E-state index in [-0.39, 0.29) is 11.3 Å². The average Bonchev–Trinajstić information content (AvgIpc) is 2.79.